The summed E-state index contributed by atoms with van der Waals surface area (Å²) < 4.78 is 10.3. The van der Waals surface area contributed by atoms with Crippen molar-refractivity contribution in [2.75, 3.05) is 25.2 Å². The summed E-state index contributed by atoms with van der Waals surface area (Å²) in [4.78, 5) is 18.0. The van der Waals surface area contributed by atoms with E-state index in [1.54, 1.807) is 31.6 Å². The van der Waals surface area contributed by atoms with Crippen LogP contribution in [0, 0.1) is 0 Å². The summed E-state index contributed by atoms with van der Waals surface area (Å²) in [6, 6.07) is 6.98. The third-order valence-corrected chi connectivity index (χ3v) is 4.06. The van der Waals surface area contributed by atoms with E-state index in [0.717, 1.165) is 10.6 Å². The number of hydrogen-bond donors (Lipinski definition) is 0. The van der Waals surface area contributed by atoms with E-state index in [1.165, 1.54) is 22.5 Å². The maximum Gasteiger partial charge on any atom is 0.295 e. The Kier molecular flexibility index (Phi) is 4.74. The van der Waals surface area contributed by atoms with Gasteiger partial charge in [-0.1, -0.05) is 11.3 Å². The van der Waals surface area contributed by atoms with E-state index in [-0.39, 0.29) is 11.7 Å². The predicted octanol–water partition coefficient (Wildman–Crippen LogP) is 2.49. The lowest BCUT2D eigenvalue weighted by atomic mass is 10.3. The molecule has 0 aliphatic heterocycles. The van der Waals surface area contributed by atoms with E-state index in [0.29, 0.717) is 18.3 Å². The van der Waals surface area contributed by atoms with Gasteiger partial charge in [0.05, 0.1) is 19.4 Å². The van der Waals surface area contributed by atoms with E-state index >= 15 is 0 Å². The molecule has 0 aliphatic carbocycles. The van der Waals surface area contributed by atoms with Crippen molar-refractivity contribution in [2.24, 2.45) is 0 Å². The van der Waals surface area contributed by atoms with E-state index in [4.69, 9.17) is 9.15 Å². The first-order valence-corrected chi connectivity index (χ1v) is 7.69. The van der Waals surface area contributed by atoms with Gasteiger partial charge in [0.25, 0.3) is 5.91 Å². The van der Waals surface area contributed by atoms with Gasteiger partial charge in [-0.15, -0.1) is 10.2 Å². The Morgan fingerprint density at radius 1 is 1.30 bits per heavy atom. The Morgan fingerprint density at radius 2 is 2.13 bits per heavy atom. The Labute approximate surface area is 136 Å². The quantitative estimate of drug-likeness (QED) is 0.690. The normalized spacial score (nSPS) is 10.7. The van der Waals surface area contributed by atoms with Gasteiger partial charge >= 0.3 is 0 Å². The van der Waals surface area contributed by atoms with Crippen LogP contribution in [-0.4, -0.2) is 41.3 Å². The molecule has 0 aromatic carbocycles. The molecule has 0 spiro atoms. The lowest BCUT2D eigenvalue weighted by molar-refractivity contribution is 0.0949. The lowest BCUT2D eigenvalue weighted by Crippen LogP contribution is -2.33. The molecule has 0 aliphatic rings. The number of carbonyl (C=O) groups excluding carboxylic acids is 1. The smallest absolute Gasteiger partial charge is 0.295 e. The molecule has 8 heteroatoms. The molecule has 7 nitrogen and oxygen atoms in total. The second-order valence-electron chi connectivity index (χ2n) is 4.55. The summed E-state index contributed by atoms with van der Waals surface area (Å²) in [5, 5.41) is 9.50. The molecule has 0 saturated carbocycles. The van der Waals surface area contributed by atoms with Gasteiger partial charge in [-0.05, 0) is 24.3 Å². The van der Waals surface area contributed by atoms with Gasteiger partial charge in [0, 0.05) is 25.1 Å². The number of methoxy groups -OCH3 is 1. The van der Waals surface area contributed by atoms with Crippen molar-refractivity contribution < 1.29 is 13.9 Å². The number of ether oxygens (including phenoxy) is 1. The first-order valence-electron chi connectivity index (χ1n) is 6.88. The minimum atomic E-state index is -0.274. The highest BCUT2D eigenvalue weighted by molar-refractivity contribution is 7.18. The fraction of sp³-hybridized carbons (Fsp3) is 0.200. The van der Waals surface area contributed by atoms with Crippen molar-refractivity contribution in [1.29, 1.82) is 0 Å². The van der Waals surface area contributed by atoms with Gasteiger partial charge < -0.3 is 9.15 Å². The summed E-state index contributed by atoms with van der Waals surface area (Å²) in [6.45, 7) is 0.748. The zero-order valence-corrected chi connectivity index (χ0v) is 13.2. The number of furan rings is 1. The highest BCUT2D eigenvalue weighted by Crippen LogP contribution is 2.29. The van der Waals surface area contributed by atoms with Crippen molar-refractivity contribution in [1.82, 2.24) is 15.2 Å². The molecule has 23 heavy (non-hydrogen) atoms. The summed E-state index contributed by atoms with van der Waals surface area (Å²) >= 11 is 1.33. The van der Waals surface area contributed by atoms with Crippen LogP contribution in [0.3, 0.4) is 0 Å². The van der Waals surface area contributed by atoms with Crippen molar-refractivity contribution in [3.63, 3.8) is 0 Å². The Bertz CT molecular complexity index is 758. The standard InChI is InChI=1S/C15H14N4O3S/c1-21-10-8-19(14(20)12-3-2-9-22-12)15-18-17-13(23-15)11-4-6-16-7-5-11/h2-7,9H,8,10H2,1H3. The number of carbonyl (C=O) groups is 1. The maximum atomic E-state index is 12.6. The van der Waals surface area contributed by atoms with Gasteiger partial charge in [-0.3, -0.25) is 14.7 Å². The van der Waals surface area contributed by atoms with E-state index in [1.807, 2.05) is 12.1 Å². The zero-order chi connectivity index (χ0) is 16.1. The van der Waals surface area contributed by atoms with Gasteiger partial charge in [0.1, 0.15) is 5.01 Å². The first-order chi connectivity index (χ1) is 11.3. The maximum absolute atomic E-state index is 12.6. The molecule has 0 fully saturated rings. The topological polar surface area (TPSA) is 81.4 Å². The average Bonchev–Trinajstić information content (AvgIpc) is 3.28. The lowest BCUT2D eigenvalue weighted by Gasteiger charge is -2.17. The molecular weight excluding hydrogens is 316 g/mol. The van der Waals surface area contributed by atoms with Gasteiger partial charge in [0.2, 0.25) is 5.13 Å². The highest BCUT2D eigenvalue weighted by Gasteiger charge is 2.23. The molecule has 3 rings (SSSR count). The van der Waals surface area contributed by atoms with Crippen LogP contribution in [0.25, 0.3) is 10.6 Å². The third kappa shape index (κ3) is 3.43. The number of nitrogens with zero attached hydrogens (tertiary/aromatic N) is 4. The third-order valence-electron chi connectivity index (χ3n) is 3.07. The van der Waals surface area contributed by atoms with Crippen LogP contribution < -0.4 is 4.90 Å². The minimum absolute atomic E-state index is 0.252. The van der Waals surface area contributed by atoms with Crippen molar-refractivity contribution in [2.45, 2.75) is 0 Å². The summed E-state index contributed by atoms with van der Waals surface area (Å²) in [7, 11) is 1.58. The van der Waals surface area contributed by atoms with Crippen LogP contribution in [0.1, 0.15) is 10.6 Å². The van der Waals surface area contributed by atoms with Crippen LogP contribution in [0.4, 0.5) is 5.13 Å². The number of pyridine rings is 1. The molecule has 0 N–H and O–H groups in total. The molecule has 0 unspecified atom stereocenters. The van der Waals surface area contributed by atoms with Gasteiger partial charge in [0.15, 0.2) is 5.76 Å². The monoisotopic (exact) mass is 330 g/mol. The van der Waals surface area contributed by atoms with E-state index in [9.17, 15) is 4.79 Å². The van der Waals surface area contributed by atoms with Crippen molar-refractivity contribution in [3.05, 3.63) is 48.7 Å². The number of aromatic nitrogens is 3. The van der Waals surface area contributed by atoms with E-state index < -0.39 is 0 Å². The average molecular weight is 330 g/mol. The van der Waals surface area contributed by atoms with E-state index in [2.05, 4.69) is 15.2 Å². The fourth-order valence-electron chi connectivity index (χ4n) is 1.94. The van der Waals surface area contributed by atoms with Crippen molar-refractivity contribution >= 4 is 22.4 Å². The van der Waals surface area contributed by atoms with Crippen LogP contribution in [0.2, 0.25) is 0 Å². The largest absolute Gasteiger partial charge is 0.459 e. The molecule has 0 atom stereocenters. The summed E-state index contributed by atoms with van der Waals surface area (Å²) in [6.07, 6.45) is 4.84. The molecule has 1 amide bonds. The minimum Gasteiger partial charge on any atom is -0.459 e. The highest BCUT2D eigenvalue weighted by atomic mass is 32.1. The summed E-state index contributed by atoms with van der Waals surface area (Å²) in [5.74, 6) is -0.0220. The van der Waals surface area contributed by atoms with Gasteiger partial charge in [-0.25, -0.2) is 0 Å². The molecule has 0 radical (unpaired) electrons. The van der Waals surface area contributed by atoms with Crippen LogP contribution in [0.15, 0.2) is 47.3 Å². The van der Waals surface area contributed by atoms with Crippen LogP contribution >= 0.6 is 11.3 Å². The molecule has 3 aromatic rings. The van der Waals surface area contributed by atoms with Gasteiger partial charge in [-0.2, -0.15) is 0 Å². The zero-order valence-electron chi connectivity index (χ0n) is 12.4. The fourth-order valence-corrected chi connectivity index (χ4v) is 2.81. The molecule has 3 aromatic heterocycles. The number of hydrogen-bond acceptors (Lipinski definition) is 7. The predicted molar refractivity (Wildman–Crippen MR) is 85.4 cm³/mol. The number of anilines is 1. The van der Waals surface area contributed by atoms with Crippen molar-refractivity contribution in [3.8, 4) is 10.6 Å². The molecule has 118 valence electrons. The summed E-state index contributed by atoms with van der Waals surface area (Å²) in [5.41, 5.74) is 0.904. The second kappa shape index (κ2) is 7.12. The Hall–Kier alpha value is -2.58. The second-order valence-corrected chi connectivity index (χ2v) is 5.51. The Balaban J connectivity index is 1.88. The Morgan fingerprint density at radius 3 is 2.83 bits per heavy atom. The first kappa shape index (κ1) is 15.3. The molecular formula is C15H14N4O3S. The van der Waals surface area contributed by atoms with Crippen LogP contribution in [-0.2, 0) is 4.74 Å². The molecule has 0 bridgehead atoms. The SMILES string of the molecule is COCCN(C(=O)c1ccco1)c1nnc(-c2ccncc2)s1. The number of amides is 1. The number of rotatable bonds is 6. The molecule has 3 heterocycles. The van der Waals surface area contributed by atoms with Crippen LogP contribution in [0.5, 0.6) is 0 Å². The molecule has 0 saturated heterocycles.